The van der Waals surface area contributed by atoms with Gasteiger partial charge in [-0.15, -0.1) is 0 Å². The summed E-state index contributed by atoms with van der Waals surface area (Å²) in [5.41, 5.74) is 0. The minimum atomic E-state index is 0.0228. The van der Waals surface area contributed by atoms with Crippen molar-refractivity contribution < 1.29 is 14.3 Å². The fourth-order valence-electron chi connectivity index (χ4n) is 1.99. The molecule has 1 aromatic heterocycles. The first kappa shape index (κ1) is 11.9. The minimum Gasteiger partial charge on any atom is -0.469 e. The number of aryl methyl sites for hydroxylation is 1. The summed E-state index contributed by atoms with van der Waals surface area (Å²) in [5, 5.41) is 11.9. The molecule has 4 heteroatoms. The number of furan rings is 1. The predicted molar refractivity (Wildman–Crippen MR) is 63.3 cm³/mol. The predicted octanol–water partition coefficient (Wildman–Crippen LogP) is 1.27. The summed E-state index contributed by atoms with van der Waals surface area (Å²) in [6.07, 6.45) is 7.37. The van der Waals surface area contributed by atoms with Crippen LogP contribution in [0, 0.1) is 5.92 Å². The van der Waals surface area contributed by atoms with E-state index in [4.69, 9.17) is 9.52 Å². The van der Waals surface area contributed by atoms with Gasteiger partial charge in [-0.25, -0.2) is 0 Å². The molecule has 0 aliphatic heterocycles. The summed E-state index contributed by atoms with van der Waals surface area (Å²) in [6.45, 7) is 0.148. The Hall–Kier alpha value is -1.55. The normalized spacial score (nSPS) is 22.9. The Kier molecular flexibility index (Phi) is 3.98. The lowest BCUT2D eigenvalue weighted by molar-refractivity contribution is -0.121. The molecule has 1 amide bonds. The Balaban J connectivity index is 1.70. The van der Waals surface area contributed by atoms with Gasteiger partial charge in [0.25, 0.3) is 0 Å². The van der Waals surface area contributed by atoms with E-state index in [1.807, 2.05) is 24.3 Å². The molecule has 0 saturated heterocycles. The summed E-state index contributed by atoms with van der Waals surface area (Å²) < 4.78 is 5.16. The Morgan fingerprint density at radius 2 is 2.41 bits per heavy atom. The molecule has 2 N–H and O–H groups in total. The van der Waals surface area contributed by atoms with Crippen LogP contribution in [0.15, 0.2) is 35.0 Å². The van der Waals surface area contributed by atoms with Crippen LogP contribution in [-0.2, 0) is 11.2 Å². The van der Waals surface area contributed by atoms with E-state index in [1.165, 1.54) is 0 Å². The molecule has 0 bridgehead atoms. The molecule has 1 heterocycles. The maximum atomic E-state index is 11.6. The van der Waals surface area contributed by atoms with Crippen molar-refractivity contribution in [2.24, 2.45) is 5.92 Å². The summed E-state index contributed by atoms with van der Waals surface area (Å²) in [6, 6.07) is 3.75. The SMILES string of the molecule is O=C(CCc1ccco1)N[C@@H]1C=C[C@H](CO)C1. The molecule has 2 rings (SSSR count). The summed E-state index contributed by atoms with van der Waals surface area (Å²) in [7, 11) is 0. The van der Waals surface area contributed by atoms with Crippen molar-refractivity contribution in [3.8, 4) is 0 Å². The summed E-state index contributed by atoms with van der Waals surface area (Å²) in [5.74, 6) is 1.04. The highest BCUT2D eigenvalue weighted by Crippen LogP contribution is 2.17. The highest BCUT2D eigenvalue weighted by Gasteiger charge is 2.19. The van der Waals surface area contributed by atoms with Gasteiger partial charge >= 0.3 is 0 Å². The van der Waals surface area contributed by atoms with Gasteiger partial charge in [0.2, 0.25) is 5.91 Å². The van der Waals surface area contributed by atoms with E-state index in [0.29, 0.717) is 12.8 Å². The highest BCUT2D eigenvalue weighted by molar-refractivity contribution is 5.76. The largest absolute Gasteiger partial charge is 0.469 e. The van der Waals surface area contributed by atoms with Gasteiger partial charge in [-0.3, -0.25) is 4.79 Å². The fourth-order valence-corrected chi connectivity index (χ4v) is 1.99. The number of carbonyl (C=O) groups is 1. The van der Waals surface area contributed by atoms with Crippen LogP contribution in [0.1, 0.15) is 18.6 Å². The smallest absolute Gasteiger partial charge is 0.220 e. The Labute approximate surface area is 100 Å². The fraction of sp³-hybridized carbons (Fsp3) is 0.462. The second kappa shape index (κ2) is 5.68. The third kappa shape index (κ3) is 3.46. The van der Waals surface area contributed by atoms with E-state index in [0.717, 1.165) is 12.2 Å². The zero-order chi connectivity index (χ0) is 12.1. The molecule has 1 aromatic rings. The topological polar surface area (TPSA) is 62.5 Å². The zero-order valence-corrected chi connectivity index (χ0v) is 9.63. The molecule has 0 aromatic carbocycles. The van der Waals surface area contributed by atoms with Gasteiger partial charge < -0.3 is 14.8 Å². The van der Waals surface area contributed by atoms with E-state index in [1.54, 1.807) is 6.26 Å². The number of hydrogen-bond donors (Lipinski definition) is 2. The number of aliphatic hydroxyl groups excluding tert-OH is 1. The van der Waals surface area contributed by atoms with Crippen LogP contribution in [0.2, 0.25) is 0 Å². The molecule has 92 valence electrons. The molecule has 1 aliphatic carbocycles. The standard InChI is InChI=1S/C13H17NO3/c15-9-10-3-4-11(8-10)14-13(16)6-5-12-2-1-7-17-12/h1-4,7,10-11,15H,5-6,8-9H2,(H,14,16)/t10-,11+/m0/s1. The second-order valence-electron chi connectivity index (χ2n) is 4.32. The van der Waals surface area contributed by atoms with Crippen LogP contribution in [0.25, 0.3) is 0 Å². The van der Waals surface area contributed by atoms with Gasteiger partial charge in [0.1, 0.15) is 5.76 Å². The molecule has 17 heavy (non-hydrogen) atoms. The third-order valence-electron chi connectivity index (χ3n) is 2.93. The minimum absolute atomic E-state index is 0.0228. The van der Waals surface area contributed by atoms with Gasteiger partial charge in [0, 0.05) is 31.4 Å². The van der Waals surface area contributed by atoms with Gasteiger partial charge in [0.15, 0.2) is 0 Å². The van der Waals surface area contributed by atoms with Crippen LogP contribution in [-0.4, -0.2) is 23.7 Å². The van der Waals surface area contributed by atoms with Crippen LogP contribution >= 0.6 is 0 Å². The van der Waals surface area contributed by atoms with Crippen LogP contribution in [0.4, 0.5) is 0 Å². The molecular weight excluding hydrogens is 218 g/mol. The van der Waals surface area contributed by atoms with Crippen molar-refractivity contribution >= 4 is 5.91 Å². The monoisotopic (exact) mass is 235 g/mol. The first-order valence-corrected chi connectivity index (χ1v) is 5.89. The lowest BCUT2D eigenvalue weighted by atomic mass is 10.1. The molecule has 1 aliphatic rings. The summed E-state index contributed by atoms with van der Waals surface area (Å²) >= 11 is 0. The molecular formula is C13H17NO3. The second-order valence-corrected chi connectivity index (χ2v) is 4.32. The van der Waals surface area contributed by atoms with E-state index in [-0.39, 0.29) is 24.5 Å². The lowest BCUT2D eigenvalue weighted by Crippen LogP contribution is -2.33. The number of amides is 1. The summed E-state index contributed by atoms with van der Waals surface area (Å²) in [4.78, 5) is 11.6. The van der Waals surface area contributed by atoms with E-state index < -0.39 is 0 Å². The van der Waals surface area contributed by atoms with Crippen LogP contribution in [0.5, 0.6) is 0 Å². The first-order chi connectivity index (χ1) is 8.28. The molecule has 4 nitrogen and oxygen atoms in total. The first-order valence-electron chi connectivity index (χ1n) is 5.89. The van der Waals surface area contributed by atoms with Crippen molar-refractivity contribution in [2.45, 2.75) is 25.3 Å². The molecule has 0 saturated carbocycles. The van der Waals surface area contributed by atoms with E-state index >= 15 is 0 Å². The maximum Gasteiger partial charge on any atom is 0.220 e. The van der Waals surface area contributed by atoms with E-state index in [2.05, 4.69) is 5.32 Å². The van der Waals surface area contributed by atoms with Crippen molar-refractivity contribution in [1.82, 2.24) is 5.32 Å². The maximum absolute atomic E-state index is 11.6. The Bertz CT molecular complexity index is 383. The molecule has 0 radical (unpaired) electrons. The van der Waals surface area contributed by atoms with Crippen molar-refractivity contribution in [1.29, 1.82) is 0 Å². The molecule has 2 atom stereocenters. The van der Waals surface area contributed by atoms with Gasteiger partial charge in [-0.1, -0.05) is 12.2 Å². The van der Waals surface area contributed by atoms with Crippen molar-refractivity contribution in [3.05, 3.63) is 36.3 Å². The highest BCUT2D eigenvalue weighted by atomic mass is 16.3. The average Bonchev–Trinajstić information content (AvgIpc) is 2.97. The Morgan fingerprint density at radius 3 is 3.06 bits per heavy atom. The van der Waals surface area contributed by atoms with Gasteiger partial charge in [-0.05, 0) is 18.6 Å². The van der Waals surface area contributed by atoms with Crippen LogP contribution in [0.3, 0.4) is 0 Å². The number of aliphatic hydroxyl groups is 1. The molecule has 0 unspecified atom stereocenters. The van der Waals surface area contributed by atoms with Crippen molar-refractivity contribution in [3.63, 3.8) is 0 Å². The van der Waals surface area contributed by atoms with E-state index in [9.17, 15) is 4.79 Å². The molecule has 0 fully saturated rings. The third-order valence-corrected chi connectivity index (χ3v) is 2.93. The average molecular weight is 235 g/mol. The number of rotatable bonds is 5. The number of carbonyl (C=O) groups excluding carboxylic acids is 1. The lowest BCUT2D eigenvalue weighted by Gasteiger charge is -2.12. The Morgan fingerprint density at radius 1 is 1.53 bits per heavy atom. The van der Waals surface area contributed by atoms with Gasteiger partial charge in [0.05, 0.1) is 6.26 Å². The number of hydrogen-bond acceptors (Lipinski definition) is 3. The van der Waals surface area contributed by atoms with Crippen LogP contribution < -0.4 is 5.32 Å². The van der Waals surface area contributed by atoms with Gasteiger partial charge in [-0.2, -0.15) is 0 Å². The molecule has 0 spiro atoms. The van der Waals surface area contributed by atoms with Crippen molar-refractivity contribution in [2.75, 3.05) is 6.61 Å². The zero-order valence-electron chi connectivity index (χ0n) is 9.63. The quantitative estimate of drug-likeness (QED) is 0.755. The number of nitrogens with one attached hydrogen (secondary N) is 1.